The van der Waals surface area contributed by atoms with Crippen LogP contribution in [0.5, 0.6) is 0 Å². The van der Waals surface area contributed by atoms with E-state index < -0.39 is 0 Å². The molecule has 1 aromatic heterocycles. The quantitative estimate of drug-likeness (QED) is 0.911. The van der Waals surface area contributed by atoms with Gasteiger partial charge in [0.15, 0.2) is 0 Å². The minimum Gasteiger partial charge on any atom is -0.325 e. The molecular formula is C16H14N2O2S. The summed E-state index contributed by atoms with van der Waals surface area (Å²) >= 11 is 1.54. The number of thiophene rings is 1. The van der Waals surface area contributed by atoms with Gasteiger partial charge in [0.05, 0.1) is 12.1 Å². The Bertz CT molecular complexity index is 709. The third kappa shape index (κ3) is 3.08. The van der Waals surface area contributed by atoms with Gasteiger partial charge in [0, 0.05) is 22.6 Å². The molecule has 1 aliphatic heterocycles. The van der Waals surface area contributed by atoms with Crippen molar-refractivity contribution in [2.75, 3.05) is 0 Å². The molecule has 0 saturated heterocycles. The van der Waals surface area contributed by atoms with Crippen molar-refractivity contribution < 1.29 is 9.59 Å². The van der Waals surface area contributed by atoms with Gasteiger partial charge in [-0.1, -0.05) is 17.7 Å². The first-order chi connectivity index (χ1) is 10.1. The van der Waals surface area contributed by atoms with Crippen LogP contribution in [-0.4, -0.2) is 17.5 Å². The first-order valence-corrected chi connectivity index (χ1v) is 7.52. The summed E-state index contributed by atoms with van der Waals surface area (Å²) in [6, 6.07) is 3.84. The zero-order valence-corrected chi connectivity index (χ0v) is 12.3. The summed E-state index contributed by atoms with van der Waals surface area (Å²) in [5, 5.41) is 4.74. The summed E-state index contributed by atoms with van der Waals surface area (Å²) < 4.78 is 0. The van der Waals surface area contributed by atoms with Gasteiger partial charge in [0.1, 0.15) is 0 Å². The van der Waals surface area contributed by atoms with Gasteiger partial charge >= 0.3 is 0 Å². The van der Waals surface area contributed by atoms with Gasteiger partial charge < -0.3 is 5.32 Å². The number of fused-ring (bicyclic) bond motifs is 1. The van der Waals surface area contributed by atoms with E-state index in [9.17, 15) is 9.59 Å². The molecule has 1 aliphatic carbocycles. The van der Waals surface area contributed by atoms with Gasteiger partial charge in [-0.15, -0.1) is 11.3 Å². The molecule has 1 aromatic rings. The molecule has 0 saturated carbocycles. The molecule has 1 unspecified atom stereocenters. The van der Waals surface area contributed by atoms with Crippen molar-refractivity contribution in [2.24, 2.45) is 10.9 Å². The van der Waals surface area contributed by atoms with E-state index in [0.717, 1.165) is 16.1 Å². The van der Waals surface area contributed by atoms with E-state index >= 15 is 0 Å². The molecule has 0 spiro atoms. The highest BCUT2D eigenvalue weighted by Gasteiger charge is 2.23. The molecule has 2 amide bonds. The van der Waals surface area contributed by atoms with Crippen molar-refractivity contribution in [3.8, 4) is 0 Å². The molecule has 4 nitrogen and oxygen atoms in total. The highest BCUT2D eigenvalue weighted by atomic mass is 32.1. The highest BCUT2D eigenvalue weighted by molar-refractivity contribution is 7.10. The number of nitrogens with one attached hydrogen (secondary N) is 1. The zero-order chi connectivity index (χ0) is 14.8. The van der Waals surface area contributed by atoms with E-state index in [2.05, 4.69) is 10.3 Å². The SMILES string of the molecule is CC1=CC(=O)NC2=CC(=NC(=O)Cc3cccs3)C=CC12. The Balaban J connectivity index is 1.77. The van der Waals surface area contributed by atoms with Gasteiger partial charge in [-0.25, -0.2) is 4.99 Å². The molecule has 1 N–H and O–H groups in total. The molecule has 0 aromatic carbocycles. The molecule has 0 radical (unpaired) electrons. The van der Waals surface area contributed by atoms with Crippen molar-refractivity contribution in [3.63, 3.8) is 0 Å². The largest absolute Gasteiger partial charge is 0.325 e. The van der Waals surface area contributed by atoms with Crippen LogP contribution < -0.4 is 5.32 Å². The van der Waals surface area contributed by atoms with Crippen LogP contribution in [0.4, 0.5) is 0 Å². The van der Waals surface area contributed by atoms with Gasteiger partial charge in [-0.2, -0.15) is 0 Å². The van der Waals surface area contributed by atoms with Gasteiger partial charge in [-0.3, -0.25) is 9.59 Å². The zero-order valence-electron chi connectivity index (χ0n) is 11.5. The number of carbonyl (C=O) groups is 2. The van der Waals surface area contributed by atoms with E-state index in [1.165, 1.54) is 0 Å². The monoisotopic (exact) mass is 298 g/mol. The highest BCUT2D eigenvalue weighted by Crippen LogP contribution is 2.26. The second-order valence-corrected chi connectivity index (χ2v) is 6.03. The Morgan fingerprint density at radius 1 is 1.43 bits per heavy atom. The molecule has 5 heteroatoms. The lowest BCUT2D eigenvalue weighted by molar-refractivity contribution is -0.117. The Hall–Kier alpha value is -2.27. The maximum absolute atomic E-state index is 11.9. The van der Waals surface area contributed by atoms with Crippen molar-refractivity contribution in [1.29, 1.82) is 0 Å². The van der Waals surface area contributed by atoms with Crippen LogP contribution in [0.2, 0.25) is 0 Å². The first-order valence-electron chi connectivity index (χ1n) is 6.65. The van der Waals surface area contributed by atoms with E-state index in [0.29, 0.717) is 12.1 Å². The molecule has 0 bridgehead atoms. The Kier molecular flexibility index (Phi) is 3.66. The number of carbonyl (C=O) groups excluding carboxylic acids is 2. The number of hydrogen-bond donors (Lipinski definition) is 1. The maximum atomic E-state index is 11.9. The summed E-state index contributed by atoms with van der Waals surface area (Å²) in [6.45, 7) is 1.92. The smallest absolute Gasteiger partial charge is 0.251 e. The molecule has 2 aliphatic rings. The lowest BCUT2D eigenvalue weighted by atomic mass is 9.89. The van der Waals surface area contributed by atoms with Crippen molar-refractivity contribution in [3.05, 3.63) is 58.0 Å². The lowest BCUT2D eigenvalue weighted by Crippen LogP contribution is -2.32. The predicted molar refractivity (Wildman–Crippen MR) is 83.1 cm³/mol. The van der Waals surface area contributed by atoms with Gasteiger partial charge in [0.2, 0.25) is 5.91 Å². The lowest BCUT2D eigenvalue weighted by Gasteiger charge is -2.25. The third-order valence-corrected chi connectivity index (χ3v) is 4.25. The van der Waals surface area contributed by atoms with E-state index in [-0.39, 0.29) is 17.7 Å². The summed E-state index contributed by atoms with van der Waals surface area (Å²) in [6.07, 6.45) is 7.46. The minimum absolute atomic E-state index is 0.0778. The normalized spacial score (nSPS) is 22.4. The van der Waals surface area contributed by atoms with Crippen LogP contribution >= 0.6 is 11.3 Å². The molecule has 2 heterocycles. The fourth-order valence-corrected chi connectivity index (χ4v) is 3.09. The fourth-order valence-electron chi connectivity index (χ4n) is 2.40. The number of allylic oxidation sites excluding steroid dienone is 3. The average molecular weight is 298 g/mol. The van der Waals surface area contributed by atoms with E-state index in [4.69, 9.17) is 0 Å². The average Bonchev–Trinajstić information content (AvgIpc) is 2.90. The molecule has 0 fully saturated rings. The minimum atomic E-state index is -0.179. The van der Waals surface area contributed by atoms with Crippen LogP contribution in [0.1, 0.15) is 11.8 Å². The molecule has 3 rings (SSSR count). The van der Waals surface area contributed by atoms with Crippen molar-refractivity contribution in [1.82, 2.24) is 5.32 Å². The standard InChI is InChI=1S/C16H14N2O2S/c1-10-7-15(19)18-14-8-11(4-5-13(10)14)17-16(20)9-12-3-2-6-21-12/h2-8,13H,9H2,1H3,(H,18,19). The fraction of sp³-hybridized carbons (Fsp3) is 0.188. The van der Waals surface area contributed by atoms with E-state index in [1.54, 1.807) is 23.5 Å². The maximum Gasteiger partial charge on any atom is 0.251 e. The second kappa shape index (κ2) is 5.61. The molecule has 106 valence electrons. The molecule has 1 atom stereocenters. The summed E-state index contributed by atoms with van der Waals surface area (Å²) in [7, 11) is 0. The number of aliphatic imine (C=N–C) groups is 1. The number of amides is 2. The van der Waals surface area contributed by atoms with E-state index in [1.807, 2.05) is 36.6 Å². The topological polar surface area (TPSA) is 58.5 Å². The number of hydrogen-bond acceptors (Lipinski definition) is 3. The third-order valence-electron chi connectivity index (χ3n) is 3.37. The number of rotatable bonds is 2. The Morgan fingerprint density at radius 2 is 2.29 bits per heavy atom. The number of nitrogens with zero attached hydrogens (tertiary/aromatic N) is 1. The summed E-state index contributed by atoms with van der Waals surface area (Å²) in [4.78, 5) is 28.5. The van der Waals surface area contributed by atoms with Crippen LogP contribution in [-0.2, 0) is 16.0 Å². The Morgan fingerprint density at radius 3 is 3.05 bits per heavy atom. The van der Waals surface area contributed by atoms with Crippen LogP contribution in [0.25, 0.3) is 0 Å². The van der Waals surface area contributed by atoms with Gasteiger partial charge in [-0.05, 0) is 30.5 Å². The molecular weight excluding hydrogens is 284 g/mol. The predicted octanol–water partition coefficient (Wildman–Crippen LogP) is 2.40. The summed E-state index contributed by atoms with van der Waals surface area (Å²) in [5.74, 6) is -0.231. The Labute approximate surface area is 126 Å². The summed E-state index contributed by atoms with van der Waals surface area (Å²) in [5.41, 5.74) is 2.35. The van der Waals surface area contributed by atoms with Gasteiger partial charge in [0.25, 0.3) is 5.91 Å². The van der Waals surface area contributed by atoms with Crippen LogP contribution in [0.15, 0.2) is 58.1 Å². The second-order valence-electron chi connectivity index (χ2n) is 5.00. The van der Waals surface area contributed by atoms with Crippen molar-refractivity contribution >= 4 is 28.9 Å². The van der Waals surface area contributed by atoms with Crippen LogP contribution in [0.3, 0.4) is 0 Å². The van der Waals surface area contributed by atoms with Crippen LogP contribution in [0, 0.1) is 5.92 Å². The first kappa shape index (κ1) is 13.7. The van der Waals surface area contributed by atoms with Crippen molar-refractivity contribution in [2.45, 2.75) is 13.3 Å². The molecule has 21 heavy (non-hydrogen) atoms.